The van der Waals surface area contributed by atoms with E-state index in [9.17, 15) is 0 Å². The molecule has 0 saturated carbocycles. The first-order valence-electron chi connectivity index (χ1n) is 11.9. The first-order valence-corrected chi connectivity index (χ1v) is 11.9. The number of aromatic nitrogens is 4. The summed E-state index contributed by atoms with van der Waals surface area (Å²) in [6, 6.07) is 37.5. The molecule has 0 aliphatic carbocycles. The Morgan fingerprint density at radius 1 is 0.389 bits per heavy atom. The molecule has 2 aromatic heterocycles. The van der Waals surface area contributed by atoms with Crippen molar-refractivity contribution in [2.24, 2.45) is 0 Å². The molecule has 0 spiro atoms. The third-order valence-corrected chi connectivity index (χ3v) is 6.66. The molecule has 0 amide bonds. The molecule has 168 valence electrons. The van der Waals surface area contributed by atoms with Crippen LogP contribution in [0.5, 0.6) is 0 Å². The molecule has 0 unspecified atom stereocenters. The fourth-order valence-electron chi connectivity index (χ4n) is 5.10. The largest absolute Gasteiger partial charge is 0.244 e. The molecule has 0 bridgehead atoms. The second-order valence-electron chi connectivity index (χ2n) is 8.75. The molecule has 7 rings (SSSR count). The number of hydrogen-bond donors (Lipinski definition) is 0. The molecule has 2 heterocycles. The SMILES string of the molecule is c1ccc(-c2nc3ccccc3nc2-c2c3ccccc3c(-c3ccnnc3)c3ccccc23)cc1. The summed E-state index contributed by atoms with van der Waals surface area (Å²) in [5.41, 5.74) is 7.84. The summed E-state index contributed by atoms with van der Waals surface area (Å²) in [5, 5.41) is 12.7. The van der Waals surface area contributed by atoms with Gasteiger partial charge in [0.1, 0.15) is 0 Å². The minimum atomic E-state index is 0.878. The van der Waals surface area contributed by atoms with E-state index in [1.807, 2.05) is 54.7 Å². The molecule has 0 fully saturated rings. The number of para-hydroxylation sites is 2. The molecule has 5 aromatic carbocycles. The molecule has 0 N–H and O–H groups in total. The van der Waals surface area contributed by atoms with Crippen molar-refractivity contribution in [3.8, 4) is 33.6 Å². The quantitative estimate of drug-likeness (QED) is 0.253. The van der Waals surface area contributed by atoms with Crippen molar-refractivity contribution in [1.29, 1.82) is 0 Å². The lowest BCUT2D eigenvalue weighted by atomic mass is 9.87. The third-order valence-electron chi connectivity index (χ3n) is 6.66. The molecule has 4 heteroatoms. The Balaban J connectivity index is 1.68. The van der Waals surface area contributed by atoms with E-state index in [0.29, 0.717) is 0 Å². The predicted molar refractivity (Wildman–Crippen MR) is 146 cm³/mol. The van der Waals surface area contributed by atoms with Crippen LogP contribution in [0.4, 0.5) is 0 Å². The number of benzene rings is 5. The lowest BCUT2D eigenvalue weighted by Gasteiger charge is -2.18. The van der Waals surface area contributed by atoms with Crippen LogP contribution in [0.15, 0.2) is 122 Å². The molecule has 0 aliphatic heterocycles. The molecule has 36 heavy (non-hydrogen) atoms. The normalized spacial score (nSPS) is 11.3. The van der Waals surface area contributed by atoms with Gasteiger partial charge in [-0.1, -0.05) is 91.0 Å². The van der Waals surface area contributed by atoms with Gasteiger partial charge in [0.2, 0.25) is 0 Å². The van der Waals surface area contributed by atoms with Gasteiger partial charge in [-0.25, -0.2) is 9.97 Å². The van der Waals surface area contributed by atoms with Crippen LogP contribution in [0.2, 0.25) is 0 Å². The van der Waals surface area contributed by atoms with Gasteiger partial charge >= 0.3 is 0 Å². The maximum atomic E-state index is 5.24. The second kappa shape index (κ2) is 8.36. The van der Waals surface area contributed by atoms with Gasteiger partial charge in [-0.3, -0.25) is 0 Å². The summed E-state index contributed by atoms with van der Waals surface area (Å²) in [7, 11) is 0. The van der Waals surface area contributed by atoms with Crippen molar-refractivity contribution < 1.29 is 0 Å². The summed E-state index contributed by atoms with van der Waals surface area (Å²) in [4.78, 5) is 10.4. The van der Waals surface area contributed by atoms with Crippen molar-refractivity contribution in [2.45, 2.75) is 0 Å². The molecular formula is C32H20N4. The summed E-state index contributed by atoms with van der Waals surface area (Å²) in [6.07, 6.45) is 3.58. The lowest BCUT2D eigenvalue weighted by Crippen LogP contribution is -1.98. The van der Waals surface area contributed by atoms with E-state index in [2.05, 4.69) is 70.9 Å². The average molecular weight is 461 g/mol. The number of hydrogen-bond acceptors (Lipinski definition) is 4. The third kappa shape index (κ3) is 3.23. The molecule has 0 aliphatic rings. The van der Waals surface area contributed by atoms with Crippen molar-refractivity contribution in [3.05, 3.63) is 122 Å². The van der Waals surface area contributed by atoms with Crippen molar-refractivity contribution in [2.75, 3.05) is 0 Å². The van der Waals surface area contributed by atoms with Gasteiger partial charge in [0.15, 0.2) is 0 Å². The highest BCUT2D eigenvalue weighted by Gasteiger charge is 2.21. The highest BCUT2D eigenvalue weighted by Crippen LogP contribution is 2.45. The number of fused-ring (bicyclic) bond motifs is 3. The van der Waals surface area contributed by atoms with Crippen LogP contribution in [0.25, 0.3) is 66.2 Å². The predicted octanol–water partition coefficient (Wildman–Crippen LogP) is 7.73. The molecule has 0 atom stereocenters. The van der Waals surface area contributed by atoms with Gasteiger partial charge in [0.05, 0.1) is 34.8 Å². The van der Waals surface area contributed by atoms with E-state index in [1.165, 1.54) is 0 Å². The van der Waals surface area contributed by atoms with Crippen LogP contribution in [-0.2, 0) is 0 Å². The molecular weight excluding hydrogens is 440 g/mol. The van der Waals surface area contributed by atoms with Gasteiger partial charge in [-0.05, 0) is 45.3 Å². The van der Waals surface area contributed by atoms with Crippen LogP contribution < -0.4 is 0 Å². The van der Waals surface area contributed by atoms with Crippen LogP contribution >= 0.6 is 0 Å². The monoisotopic (exact) mass is 460 g/mol. The van der Waals surface area contributed by atoms with Gasteiger partial charge in [0.25, 0.3) is 0 Å². The minimum absolute atomic E-state index is 0.878. The van der Waals surface area contributed by atoms with E-state index in [0.717, 1.165) is 66.2 Å². The Labute approximate surface area is 207 Å². The Hall–Kier alpha value is -4.96. The van der Waals surface area contributed by atoms with Crippen molar-refractivity contribution >= 4 is 32.6 Å². The first kappa shape index (κ1) is 20.4. The molecule has 0 radical (unpaired) electrons. The van der Waals surface area contributed by atoms with Gasteiger partial charge in [-0.2, -0.15) is 10.2 Å². The Morgan fingerprint density at radius 2 is 0.917 bits per heavy atom. The topological polar surface area (TPSA) is 51.6 Å². The van der Waals surface area contributed by atoms with Crippen LogP contribution in [-0.4, -0.2) is 20.2 Å². The minimum Gasteiger partial charge on any atom is -0.244 e. The van der Waals surface area contributed by atoms with Gasteiger partial charge < -0.3 is 0 Å². The number of nitrogens with zero attached hydrogens (tertiary/aromatic N) is 4. The Kier molecular flexibility index (Phi) is 4.74. The summed E-state index contributed by atoms with van der Waals surface area (Å²) < 4.78 is 0. The summed E-state index contributed by atoms with van der Waals surface area (Å²) in [5.74, 6) is 0. The molecule has 7 aromatic rings. The number of rotatable bonds is 3. The zero-order valence-corrected chi connectivity index (χ0v) is 19.3. The highest BCUT2D eigenvalue weighted by molar-refractivity contribution is 6.22. The zero-order chi connectivity index (χ0) is 23.9. The second-order valence-corrected chi connectivity index (χ2v) is 8.75. The molecule has 4 nitrogen and oxygen atoms in total. The maximum Gasteiger partial charge on any atom is 0.0985 e. The van der Waals surface area contributed by atoms with Gasteiger partial charge in [0, 0.05) is 16.7 Å². The Morgan fingerprint density at radius 3 is 1.50 bits per heavy atom. The van der Waals surface area contributed by atoms with E-state index < -0.39 is 0 Å². The van der Waals surface area contributed by atoms with Crippen molar-refractivity contribution in [3.63, 3.8) is 0 Å². The highest BCUT2D eigenvalue weighted by atomic mass is 15.1. The molecule has 0 saturated heterocycles. The van der Waals surface area contributed by atoms with Crippen LogP contribution in [0, 0.1) is 0 Å². The van der Waals surface area contributed by atoms with E-state index in [-0.39, 0.29) is 0 Å². The van der Waals surface area contributed by atoms with E-state index in [1.54, 1.807) is 6.20 Å². The van der Waals surface area contributed by atoms with Gasteiger partial charge in [-0.15, -0.1) is 0 Å². The fraction of sp³-hybridized carbons (Fsp3) is 0. The maximum absolute atomic E-state index is 5.24. The smallest absolute Gasteiger partial charge is 0.0985 e. The standard InChI is InChI=1S/C32H20N4/c1-2-10-21(11-3-1)31-32(36-28-17-9-8-16-27(28)35-31)30-25-14-6-4-12-23(25)29(22-18-19-33-34-20-22)24-13-5-7-15-26(24)30/h1-20H. The summed E-state index contributed by atoms with van der Waals surface area (Å²) >= 11 is 0. The Bertz CT molecular complexity index is 1820. The zero-order valence-electron chi connectivity index (χ0n) is 19.3. The van der Waals surface area contributed by atoms with Crippen LogP contribution in [0.3, 0.4) is 0 Å². The first-order chi connectivity index (χ1) is 17.9. The van der Waals surface area contributed by atoms with E-state index >= 15 is 0 Å². The van der Waals surface area contributed by atoms with Crippen molar-refractivity contribution in [1.82, 2.24) is 20.2 Å². The lowest BCUT2D eigenvalue weighted by molar-refractivity contribution is 1.03. The fourth-order valence-corrected chi connectivity index (χ4v) is 5.10. The average Bonchev–Trinajstić information content (AvgIpc) is 2.96. The summed E-state index contributed by atoms with van der Waals surface area (Å²) in [6.45, 7) is 0. The van der Waals surface area contributed by atoms with E-state index in [4.69, 9.17) is 9.97 Å². The van der Waals surface area contributed by atoms with Crippen LogP contribution in [0.1, 0.15) is 0 Å².